The van der Waals surface area contributed by atoms with Crippen LogP contribution < -0.4 is 21.3 Å². The van der Waals surface area contributed by atoms with E-state index in [1.54, 1.807) is 0 Å². The zero-order chi connectivity index (χ0) is 22.1. The zero-order valence-electron chi connectivity index (χ0n) is 17.0. The first-order valence-electron chi connectivity index (χ1n) is 10.5. The second-order valence-corrected chi connectivity index (χ2v) is 8.36. The maximum absolute atomic E-state index is 13.7. The van der Waals surface area contributed by atoms with Crippen molar-refractivity contribution >= 4 is 29.1 Å². The Bertz CT molecular complexity index is 861. The van der Waals surface area contributed by atoms with Crippen LogP contribution in [-0.4, -0.2) is 49.6 Å². The number of morpholine rings is 1. The van der Waals surface area contributed by atoms with Gasteiger partial charge in [-0.05, 0) is 55.7 Å². The van der Waals surface area contributed by atoms with Gasteiger partial charge in [0.05, 0.1) is 12.3 Å². The lowest BCUT2D eigenvalue weighted by molar-refractivity contribution is -0.128. The quantitative estimate of drug-likeness (QED) is 0.509. The fourth-order valence-electron chi connectivity index (χ4n) is 4.09. The molecule has 1 atom stereocenters. The number of amides is 3. The van der Waals surface area contributed by atoms with Crippen molar-refractivity contribution in [3.05, 3.63) is 23.8 Å². The van der Waals surface area contributed by atoms with Crippen LogP contribution in [0.25, 0.3) is 0 Å². The molecule has 2 saturated carbocycles. The van der Waals surface area contributed by atoms with Crippen molar-refractivity contribution in [1.29, 1.82) is 0 Å². The summed E-state index contributed by atoms with van der Waals surface area (Å²) in [5, 5.41) is 5.62. The highest BCUT2D eigenvalue weighted by Crippen LogP contribution is 2.44. The van der Waals surface area contributed by atoms with E-state index in [0.29, 0.717) is 11.8 Å². The number of carbonyl (C=O) groups excluding carboxylic acids is 3. The SMILES string of the molecule is NC(=O)[C@H](NC(C1CC1)C1CC1)C(=O)Nc1ccc(N2CCOCC2=O)c(C(F)F)c1. The number of primary amides is 1. The van der Waals surface area contributed by atoms with Gasteiger partial charge < -0.3 is 20.7 Å². The average Bonchev–Trinajstić information content (AvgIpc) is 3.62. The van der Waals surface area contributed by atoms with Gasteiger partial charge in [-0.1, -0.05) is 0 Å². The van der Waals surface area contributed by atoms with E-state index >= 15 is 0 Å². The molecule has 0 unspecified atom stereocenters. The summed E-state index contributed by atoms with van der Waals surface area (Å²) in [5.41, 5.74) is 5.25. The first kappa shape index (κ1) is 21.6. The Balaban J connectivity index is 1.50. The van der Waals surface area contributed by atoms with E-state index in [0.717, 1.165) is 31.7 Å². The maximum Gasteiger partial charge on any atom is 0.265 e. The second kappa shape index (κ2) is 8.88. The Kier molecular flexibility index (Phi) is 6.19. The van der Waals surface area contributed by atoms with Crippen LogP contribution in [0.15, 0.2) is 18.2 Å². The van der Waals surface area contributed by atoms with Gasteiger partial charge in [0.1, 0.15) is 6.61 Å². The minimum atomic E-state index is -2.86. The standard InChI is InChI=1S/C21H26F2N4O4/c22-19(23)14-9-13(5-6-15(14)27-7-8-31-10-16(27)28)25-21(30)18(20(24)29)26-17(11-1-2-11)12-3-4-12/h5-6,9,11-12,17-19,26H,1-4,7-8,10H2,(H2,24,29)(H,25,30)/t18-/m0/s1. The number of rotatable bonds is 9. The fourth-order valence-corrected chi connectivity index (χ4v) is 4.09. The first-order chi connectivity index (χ1) is 14.8. The monoisotopic (exact) mass is 436 g/mol. The molecule has 8 nitrogen and oxygen atoms in total. The third-order valence-corrected chi connectivity index (χ3v) is 5.97. The zero-order valence-corrected chi connectivity index (χ0v) is 17.0. The van der Waals surface area contributed by atoms with Crippen molar-refractivity contribution < 1.29 is 27.9 Å². The minimum Gasteiger partial charge on any atom is -0.370 e. The number of nitrogens with one attached hydrogen (secondary N) is 2. The number of nitrogens with two attached hydrogens (primary N) is 1. The van der Waals surface area contributed by atoms with Crippen LogP contribution in [0.5, 0.6) is 0 Å². The normalized spacial score (nSPS) is 20.3. The molecule has 3 amide bonds. The van der Waals surface area contributed by atoms with Crippen LogP contribution in [-0.2, 0) is 19.1 Å². The van der Waals surface area contributed by atoms with Gasteiger partial charge >= 0.3 is 0 Å². The maximum atomic E-state index is 13.7. The highest BCUT2D eigenvalue weighted by Gasteiger charge is 2.44. The molecule has 2 aliphatic carbocycles. The van der Waals surface area contributed by atoms with E-state index in [1.807, 2.05) is 0 Å². The summed E-state index contributed by atoms with van der Waals surface area (Å²) in [6.45, 7) is 0.250. The summed E-state index contributed by atoms with van der Waals surface area (Å²) < 4.78 is 32.5. The van der Waals surface area contributed by atoms with Crippen LogP contribution in [0, 0.1) is 11.8 Å². The van der Waals surface area contributed by atoms with E-state index in [4.69, 9.17) is 10.5 Å². The molecule has 4 rings (SSSR count). The molecular weight excluding hydrogens is 410 g/mol. The number of carbonyl (C=O) groups is 3. The van der Waals surface area contributed by atoms with Crippen molar-refractivity contribution in [2.45, 2.75) is 44.2 Å². The van der Waals surface area contributed by atoms with Gasteiger partial charge in [-0.15, -0.1) is 0 Å². The van der Waals surface area contributed by atoms with Crippen molar-refractivity contribution in [3.8, 4) is 0 Å². The lowest BCUT2D eigenvalue weighted by Crippen LogP contribution is -2.54. The van der Waals surface area contributed by atoms with Crippen LogP contribution in [0.3, 0.4) is 0 Å². The van der Waals surface area contributed by atoms with Crippen molar-refractivity contribution in [1.82, 2.24) is 5.32 Å². The fraction of sp³-hybridized carbons (Fsp3) is 0.571. The summed E-state index contributed by atoms with van der Waals surface area (Å²) in [6, 6.07) is 2.73. The number of benzene rings is 1. The molecule has 0 radical (unpaired) electrons. The van der Waals surface area contributed by atoms with Crippen LogP contribution in [0.1, 0.15) is 37.7 Å². The number of hydrogen-bond acceptors (Lipinski definition) is 5. The van der Waals surface area contributed by atoms with Gasteiger partial charge in [0.2, 0.25) is 5.91 Å². The summed E-state index contributed by atoms with van der Waals surface area (Å²) >= 11 is 0. The Labute approximate surface area is 178 Å². The van der Waals surface area contributed by atoms with Crippen LogP contribution in [0.4, 0.5) is 20.2 Å². The third kappa shape index (κ3) is 5.01. The molecule has 168 valence electrons. The molecule has 1 aromatic carbocycles. The number of anilines is 2. The molecule has 0 bridgehead atoms. The molecule has 1 saturated heterocycles. The molecule has 0 aromatic heterocycles. The van der Waals surface area contributed by atoms with Gasteiger partial charge in [-0.2, -0.15) is 0 Å². The van der Waals surface area contributed by atoms with E-state index in [2.05, 4.69) is 10.6 Å². The predicted molar refractivity (Wildman–Crippen MR) is 109 cm³/mol. The highest BCUT2D eigenvalue weighted by molar-refractivity contribution is 6.09. The Morgan fingerprint density at radius 3 is 2.39 bits per heavy atom. The Hall–Kier alpha value is -2.59. The van der Waals surface area contributed by atoms with Gasteiger partial charge in [-0.25, -0.2) is 8.78 Å². The molecule has 10 heteroatoms. The lowest BCUT2D eigenvalue weighted by atomic mass is 10.1. The van der Waals surface area contributed by atoms with Crippen LogP contribution in [0.2, 0.25) is 0 Å². The van der Waals surface area contributed by atoms with Gasteiger partial charge in [-0.3, -0.25) is 19.7 Å². The number of nitrogens with zero attached hydrogens (tertiary/aromatic N) is 1. The molecule has 1 aliphatic heterocycles. The number of ether oxygens (including phenoxy) is 1. The molecule has 31 heavy (non-hydrogen) atoms. The highest BCUT2D eigenvalue weighted by atomic mass is 19.3. The van der Waals surface area contributed by atoms with E-state index in [-0.39, 0.29) is 42.7 Å². The first-order valence-corrected chi connectivity index (χ1v) is 10.5. The van der Waals surface area contributed by atoms with Gasteiger partial charge in [0.15, 0.2) is 6.04 Å². The Morgan fingerprint density at radius 2 is 1.84 bits per heavy atom. The summed E-state index contributed by atoms with van der Waals surface area (Å²) in [5.74, 6) is -1.02. The van der Waals surface area contributed by atoms with E-state index < -0.39 is 30.2 Å². The van der Waals surface area contributed by atoms with Crippen LogP contribution >= 0.6 is 0 Å². The number of halogens is 2. The molecule has 1 aromatic rings. The summed E-state index contributed by atoms with van der Waals surface area (Å²) in [6.07, 6.45) is 1.37. The topological polar surface area (TPSA) is 114 Å². The number of alkyl halides is 2. The molecule has 1 heterocycles. The molecule has 3 fully saturated rings. The van der Waals surface area contributed by atoms with Gasteiger partial charge in [0, 0.05) is 23.8 Å². The Morgan fingerprint density at radius 1 is 1.16 bits per heavy atom. The average molecular weight is 436 g/mol. The smallest absolute Gasteiger partial charge is 0.265 e. The summed E-state index contributed by atoms with van der Waals surface area (Å²) in [4.78, 5) is 38.0. The summed E-state index contributed by atoms with van der Waals surface area (Å²) in [7, 11) is 0. The van der Waals surface area contributed by atoms with Crippen molar-refractivity contribution in [2.75, 3.05) is 30.0 Å². The van der Waals surface area contributed by atoms with Crippen molar-refractivity contribution in [2.24, 2.45) is 17.6 Å². The lowest BCUT2D eigenvalue weighted by Gasteiger charge is -2.29. The molecular formula is C21H26F2N4O4. The second-order valence-electron chi connectivity index (χ2n) is 8.36. The molecule has 0 spiro atoms. The predicted octanol–water partition coefficient (Wildman–Crippen LogP) is 1.56. The van der Waals surface area contributed by atoms with E-state index in [9.17, 15) is 23.2 Å². The number of hydrogen-bond donors (Lipinski definition) is 3. The molecule has 4 N–H and O–H groups in total. The molecule has 3 aliphatic rings. The van der Waals surface area contributed by atoms with E-state index in [1.165, 1.54) is 17.0 Å². The van der Waals surface area contributed by atoms with Crippen molar-refractivity contribution in [3.63, 3.8) is 0 Å². The largest absolute Gasteiger partial charge is 0.370 e. The van der Waals surface area contributed by atoms with Gasteiger partial charge in [0.25, 0.3) is 18.2 Å². The third-order valence-electron chi connectivity index (χ3n) is 5.97. The minimum absolute atomic E-state index is 0.0644.